The third-order valence-corrected chi connectivity index (χ3v) is 3.79. The summed E-state index contributed by atoms with van der Waals surface area (Å²) < 4.78 is 1.73. The number of aromatic nitrogens is 3. The fraction of sp³-hybridized carbons (Fsp3) is 0.333. The van der Waals surface area contributed by atoms with E-state index < -0.39 is 0 Å². The largest absolute Gasteiger partial charge is 0.399 e. The molecule has 4 nitrogen and oxygen atoms in total. The quantitative estimate of drug-likeness (QED) is 0.916. The Labute approximate surface area is 113 Å². The second-order valence-electron chi connectivity index (χ2n) is 5.13. The lowest BCUT2D eigenvalue weighted by Gasteiger charge is -2.09. The van der Waals surface area contributed by atoms with Gasteiger partial charge in [0.25, 0.3) is 0 Å². The monoisotopic (exact) mass is 254 g/mol. The Hall–Kier alpha value is -2.10. The van der Waals surface area contributed by atoms with E-state index in [1.165, 1.54) is 31.2 Å². The third kappa shape index (κ3) is 2.38. The summed E-state index contributed by atoms with van der Waals surface area (Å²) in [5.74, 6) is 1.51. The molecule has 2 aromatic heterocycles. The molecule has 0 bridgehead atoms. The molecular formula is C15H18N4. The molecular weight excluding hydrogens is 236 g/mol. The van der Waals surface area contributed by atoms with Gasteiger partial charge in [0.2, 0.25) is 0 Å². The highest BCUT2D eigenvalue weighted by atomic mass is 15.3. The first-order valence-corrected chi connectivity index (χ1v) is 6.70. The number of hydrogen-bond acceptors (Lipinski definition) is 3. The van der Waals surface area contributed by atoms with E-state index in [2.05, 4.69) is 22.7 Å². The van der Waals surface area contributed by atoms with Crippen LogP contribution in [-0.2, 0) is 0 Å². The van der Waals surface area contributed by atoms with Crippen molar-refractivity contribution in [3.05, 3.63) is 48.4 Å². The molecule has 0 aromatic carbocycles. The van der Waals surface area contributed by atoms with E-state index in [-0.39, 0.29) is 0 Å². The predicted octanol–water partition coefficient (Wildman–Crippen LogP) is 2.85. The van der Waals surface area contributed by atoms with Gasteiger partial charge in [-0.15, -0.1) is 0 Å². The molecule has 0 radical (unpaired) electrons. The van der Waals surface area contributed by atoms with Gasteiger partial charge in [0, 0.05) is 23.7 Å². The molecule has 1 aliphatic rings. The molecule has 0 atom stereocenters. The van der Waals surface area contributed by atoms with E-state index in [0.29, 0.717) is 11.6 Å². The van der Waals surface area contributed by atoms with Crippen LogP contribution >= 0.6 is 0 Å². The van der Waals surface area contributed by atoms with Crippen molar-refractivity contribution >= 4 is 5.70 Å². The van der Waals surface area contributed by atoms with Gasteiger partial charge in [0.15, 0.2) is 5.82 Å². The molecule has 1 aliphatic carbocycles. The molecule has 2 N–H and O–H groups in total. The number of nitrogens with two attached hydrogens (primary N) is 1. The standard InChI is InChI=1S/C15H18N4/c1-11(16)14-9-18-19(10-14)15-7-6-13(8-17-15)12-4-2-3-5-12/h6-10,12H,1-5,16H2. The SMILES string of the molecule is C=C(N)c1cnn(-c2ccc(C3CCCC3)cn2)c1. The zero-order valence-corrected chi connectivity index (χ0v) is 10.9. The molecule has 0 unspecified atom stereocenters. The van der Waals surface area contributed by atoms with Crippen LogP contribution in [0.15, 0.2) is 37.3 Å². The lowest BCUT2D eigenvalue weighted by molar-refractivity contribution is 0.716. The van der Waals surface area contributed by atoms with E-state index in [1.54, 1.807) is 10.9 Å². The van der Waals surface area contributed by atoms with Gasteiger partial charge in [0.05, 0.1) is 6.20 Å². The van der Waals surface area contributed by atoms with E-state index in [0.717, 1.165) is 11.4 Å². The van der Waals surface area contributed by atoms with E-state index in [1.807, 2.05) is 18.5 Å². The van der Waals surface area contributed by atoms with Crippen molar-refractivity contribution in [3.63, 3.8) is 0 Å². The fourth-order valence-corrected chi connectivity index (χ4v) is 2.65. The lowest BCUT2D eigenvalue weighted by atomic mass is 10.00. The van der Waals surface area contributed by atoms with Crippen molar-refractivity contribution in [2.75, 3.05) is 0 Å². The summed E-state index contributed by atoms with van der Waals surface area (Å²) in [7, 11) is 0. The van der Waals surface area contributed by atoms with Crippen molar-refractivity contribution in [2.45, 2.75) is 31.6 Å². The lowest BCUT2D eigenvalue weighted by Crippen LogP contribution is -2.00. The van der Waals surface area contributed by atoms with E-state index in [4.69, 9.17) is 5.73 Å². The molecule has 3 rings (SSSR count). The predicted molar refractivity (Wildman–Crippen MR) is 75.8 cm³/mol. The number of pyridine rings is 1. The summed E-state index contributed by atoms with van der Waals surface area (Å²) in [4.78, 5) is 4.50. The average molecular weight is 254 g/mol. The minimum atomic E-state index is 0.522. The highest BCUT2D eigenvalue weighted by Gasteiger charge is 2.17. The second-order valence-corrected chi connectivity index (χ2v) is 5.13. The summed E-state index contributed by atoms with van der Waals surface area (Å²) in [6.07, 6.45) is 10.8. The maximum absolute atomic E-state index is 5.64. The number of hydrogen-bond donors (Lipinski definition) is 1. The Bertz CT molecular complexity index is 576. The molecule has 0 saturated heterocycles. The normalized spacial score (nSPS) is 15.8. The van der Waals surface area contributed by atoms with Crippen LogP contribution in [0.25, 0.3) is 11.5 Å². The Balaban J connectivity index is 1.82. The van der Waals surface area contributed by atoms with E-state index in [9.17, 15) is 0 Å². The van der Waals surface area contributed by atoms with Crippen molar-refractivity contribution in [2.24, 2.45) is 5.73 Å². The molecule has 98 valence electrons. The van der Waals surface area contributed by atoms with Crippen LogP contribution < -0.4 is 5.73 Å². The average Bonchev–Trinajstić information content (AvgIpc) is 3.11. The molecule has 0 amide bonds. The summed E-state index contributed by atoms with van der Waals surface area (Å²) >= 11 is 0. The fourth-order valence-electron chi connectivity index (χ4n) is 2.65. The van der Waals surface area contributed by atoms with Gasteiger partial charge in [-0.05, 0) is 30.4 Å². The third-order valence-electron chi connectivity index (χ3n) is 3.79. The van der Waals surface area contributed by atoms with Gasteiger partial charge in [-0.3, -0.25) is 0 Å². The first kappa shape index (κ1) is 12.0. The smallest absolute Gasteiger partial charge is 0.153 e. The highest BCUT2D eigenvalue weighted by molar-refractivity contribution is 5.58. The minimum absolute atomic E-state index is 0.522. The summed E-state index contributed by atoms with van der Waals surface area (Å²) in [6, 6.07) is 4.18. The summed E-state index contributed by atoms with van der Waals surface area (Å²) in [5.41, 5.74) is 8.35. The van der Waals surface area contributed by atoms with Crippen molar-refractivity contribution in [3.8, 4) is 5.82 Å². The van der Waals surface area contributed by atoms with Crippen LogP contribution in [0.2, 0.25) is 0 Å². The zero-order chi connectivity index (χ0) is 13.2. The van der Waals surface area contributed by atoms with Crippen LogP contribution in [0.1, 0.15) is 42.7 Å². The Morgan fingerprint density at radius 3 is 2.63 bits per heavy atom. The van der Waals surface area contributed by atoms with Gasteiger partial charge in [-0.25, -0.2) is 9.67 Å². The van der Waals surface area contributed by atoms with Crippen molar-refractivity contribution < 1.29 is 0 Å². The summed E-state index contributed by atoms with van der Waals surface area (Å²) in [5, 5.41) is 4.25. The topological polar surface area (TPSA) is 56.7 Å². The van der Waals surface area contributed by atoms with Crippen molar-refractivity contribution in [1.82, 2.24) is 14.8 Å². The Kier molecular flexibility index (Phi) is 3.07. The van der Waals surface area contributed by atoms with Gasteiger partial charge in [-0.1, -0.05) is 25.5 Å². The molecule has 4 heteroatoms. The van der Waals surface area contributed by atoms with Crippen LogP contribution in [-0.4, -0.2) is 14.8 Å². The van der Waals surface area contributed by atoms with E-state index >= 15 is 0 Å². The zero-order valence-electron chi connectivity index (χ0n) is 10.9. The Morgan fingerprint density at radius 1 is 1.26 bits per heavy atom. The van der Waals surface area contributed by atoms with Crippen LogP contribution in [0.4, 0.5) is 0 Å². The first-order chi connectivity index (χ1) is 9.24. The highest BCUT2D eigenvalue weighted by Crippen LogP contribution is 2.33. The van der Waals surface area contributed by atoms with Gasteiger partial charge >= 0.3 is 0 Å². The molecule has 1 saturated carbocycles. The molecule has 1 fully saturated rings. The van der Waals surface area contributed by atoms with Crippen LogP contribution in [0.5, 0.6) is 0 Å². The second kappa shape index (κ2) is 4.88. The maximum atomic E-state index is 5.64. The molecule has 2 aromatic rings. The Morgan fingerprint density at radius 2 is 2.05 bits per heavy atom. The van der Waals surface area contributed by atoms with Crippen molar-refractivity contribution in [1.29, 1.82) is 0 Å². The maximum Gasteiger partial charge on any atom is 0.153 e. The van der Waals surface area contributed by atoms with Crippen LogP contribution in [0.3, 0.4) is 0 Å². The molecule has 2 heterocycles. The van der Waals surface area contributed by atoms with Gasteiger partial charge in [-0.2, -0.15) is 5.10 Å². The van der Waals surface area contributed by atoms with Gasteiger partial charge in [0.1, 0.15) is 0 Å². The number of rotatable bonds is 3. The molecule has 0 spiro atoms. The molecule has 0 aliphatic heterocycles. The first-order valence-electron chi connectivity index (χ1n) is 6.70. The van der Waals surface area contributed by atoms with Crippen LogP contribution in [0, 0.1) is 0 Å². The minimum Gasteiger partial charge on any atom is -0.399 e. The molecule has 19 heavy (non-hydrogen) atoms. The number of nitrogens with zero attached hydrogens (tertiary/aromatic N) is 3. The van der Waals surface area contributed by atoms with Gasteiger partial charge < -0.3 is 5.73 Å². The summed E-state index contributed by atoms with van der Waals surface area (Å²) in [6.45, 7) is 3.70.